The van der Waals surface area contributed by atoms with Gasteiger partial charge in [-0.15, -0.1) is 16.7 Å². The van der Waals surface area contributed by atoms with E-state index in [1.54, 1.807) is 13.2 Å². The molecule has 0 radical (unpaired) electrons. The van der Waals surface area contributed by atoms with Crippen LogP contribution in [-0.2, 0) is 7.05 Å². The van der Waals surface area contributed by atoms with Crippen molar-refractivity contribution in [2.24, 2.45) is 7.05 Å². The maximum absolute atomic E-state index is 11.7. The summed E-state index contributed by atoms with van der Waals surface area (Å²) in [6.45, 7) is 0. The van der Waals surface area contributed by atoms with Gasteiger partial charge < -0.3 is 5.32 Å². The minimum Gasteiger partial charge on any atom is -0.346 e. The molecule has 1 N–H and O–H groups in total. The molecule has 5 nitrogen and oxygen atoms in total. The summed E-state index contributed by atoms with van der Waals surface area (Å²) in [5, 5.41) is 10.4. The molecule has 1 amide bonds. The van der Waals surface area contributed by atoms with Crippen molar-refractivity contribution in [3.8, 4) is 0 Å². The molecule has 2 unspecified atom stereocenters. The van der Waals surface area contributed by atoms with Crippen molar-refractivity contribution in [2.45, 2.75) is 30.7 Å². The van der Waals surface area contributed by atoms with Gasteiger partial charge in [-0.05, 0) is 19.3 Å². The fraction of sp³-hybridized carbons (Fsp3) is 0.667. The summed E-state index contributed by atoms with van der Waals surface area (Å²) in [7, 11) is 1.73. The van der Waals surface area contributed by atoms with Crippen molar-refractivity contribution in [3.05, 3.63) is 11.9 Å². The Labute approximate surface area is 92.8 Å². The number of halogens is 1. The number of carbonyl (C=O) groups excluding carboxylic acids is 1. The molecule has 1 aliphatic carbocycles. The van der Waals surface area contributed by atoms with Crippen molar-refractivity contribution < 1.29 is 4.79 Å². The largest absolute Gasteiger partial charge is 0.346 e. The number of alkyl halides is 1. The van der Waals surface area contributed by atoms with Gasteiger partial charge in [0.2, 0.25) is 0 Å². The van der Waals surface area contributed by atoms with Crippen molar-refractivity contribution >= 4 is 17.5 Å². The molecule has 0 aromatic carbocycles. The lowest BCUT2D eigenvalue weighted by Crippen LogP contribution is -2.38. The summed E-state index contributed by atoms with van der Waals surface area (Å²) in [4.78, 5) is 11.7. The van der Waals surface area contributed by atoms with Crippen LogP contribution in [0.25, 0.3) is 0 Å². The van der Waals surface area contributed by atoms with Gasteiger partial charge in [0, 0.05) is 13.1 Å². The Morgan fingerprint density at radius 1 is 1.67 bits per heavy atom. The molecule has 1 aliphatic rings. The van der Waals surface area contributed by atoms with Gasteiger partial charge in [0.25, 0.3) is 5.91 Å². The van der Waals surface area contributed by atoms with Crippen LogP contribution in [0.2, 0.25) is 0 Å². The van der Waals surface area contributed by atoms with Crippen LogP contribution in [0.3, 0.4) is 0 Å². The van der Waals surface area contributed by atoms with Crippen LogP contribution >= 0.6 is 11.6 Å². The number of nitrogens with one attached hydrogen (secondary N) is 1. The molecule has 2 atom stereocenters. The van der Waals surface area contributed by atoms with Gasteiger partial charge in [-0.25, -0.2) is 0 Å². The number of aryl methyl sites for hydroxylation is 1. The second-order valence-corrected chi connectivity index (χ2v) is 4.36. The smallest absolute Gasteiger partial charge is 0.273 e. The van der Waals surface area contributed by atoms with Crippen molar-refractivity contribution in [2.75, 3.05) is 0 Å². The molecule has 0 spiro atoms. The van der Waals surface area contributed by atoms with E-state index < -0.39 is 0 Å². The number of hydrogen-bond acceptors (Lipinski definition) is 3. The average molecular weight is 229 g/mol. The van der Waals surface area contributed by atoms with E-state index in [0.717, 1.165) is 19.3 Å². The van der Waals surface area contributed by atoms with E-state index in [1.807, 2.05) is 0 Å². The average Bonchev–Trinajstić information content (AvgIpc) is 2.77. The zero-order chi connectivity index (χ0) is 10.8. The first-order valence-corrected chi connectivity index (χ1v) is 5.41. The first kappa shape index (κ1) is 10.4. The third-order valence-electron chi connectivity index (χ3n) is 2.58. The van der Waals surface area contributed by atoms with Crippen LogP contribution in [0.5, 0.6) is 0 Å². The van der Waals surface area contributed by atoms with Crippen LogP contribution in [0.1, 0.15) is 29.8 Å². The highest BCUT2D eigenvalue weighted by atomic mass is 35.5. The first-order chi connectivity index (χ1) is 7.16. The lowest BCUT2D eigenvalue weighted by atomic mass is 10.2. The Morgan fingerprint density at radius 2 is 2.47 bits per heavy atom. The predicted molar refractivity (Wildman–Crippen MR) is 55.7 cm³/mol. The van der Waals surface area contributed by atoms with E-state index in [0.29, 0.717) is 5.69 Å². The Morgan fingerprint density at radius 3 is 3.00 bits per heavy atom. The lowest BCUT2D eigenvalue weighted by molar-refractivity contribution is 0.0933. The quantitative estimate of drug-likeness (QED) is 0.759. The van der Waals surface area contributed by atoms with Crippen molar-refractivity contribution in [1.82, 2.24) is 20.3 Å². The van der Waals surface area contributed by atoms with E-state index >= 15 is 0 Å². The molecule has 1 saturated carbocycles. The van der Waals surface area contributed by atoms with Crippen LogP contribution in [0.15, 0.2) is 6.20 Å². The van der Waals surface area contributed by atoms with Crippen molar-refractivity contribution in [1.29, 1.82) is 0 Å². The monoisotopic (exact) mass is 228 g/mol. The summed E-state index contributed by atoms with van der Waals surface area (Å²) in [6, 6.07) is 0.0705. The van der Waals surface area contributed by atoms with E-state index in [-0.39, 0.29) is 17.3 Å². The highest BCUT2D eigenvalue weighted by Gasteiger charge is 2.27. The van der Waals surface area contributed by atoms with E-state index in [1.165, 1.54) is 4.68 Å². The van der Waals surface area contributed by atoms with Gasteiger partial charge in [0.1, 0.15) is 0 Å². The molecule has 15 heavy (non-hydrogen) atoms. The molecular formula is C9H13ClN4O. The standard InChI is InChI=1S/C9H13ClN4O/c1-14-5-8(12-13-14)9(15)11-7-4-2-3-6(7)10/h5-7H,2-4H2,1H3,(H,11,15). The van der Waals surface area contributed by atoms with E-state index in [4.69, 9.17) is 11.6 Å². The summed E-state index contributed by atoms with van der Waals surface area (Å²) in [5.74, 6) is -0.194. The second-order valence-electron chi connectivity index (χ2n) is 3.80. The minimum atomic E-state index is -0.194. The molecule has 1 fully saturated rings. The Hall–Kier alpha value is -1.10. The van der Waals surface area contributed by atoms with Gasteiger partial charge in [0.05, 0.1) is 11.6 Å². The van der Waals surface area contributed by atoms with Gasteiger partial charge in [-0.1, -0.05) is 5.21 Å². The molecule has 1 heterocycles. The first-order valence-electron chi connectivity index (χ1n) is 4.98. The van der Waals surface area contributed by atoms with Gasteiger partial charge in [-0.3, -0.25) is 9.48 Å². The van der Waals surface area contributed by atoms with Gasteiger partial charge >= 0.3 is 0 Å². The Kier molecular flexibility index (Phi) is 2.90. The molecule has 6 heteroatoms. The third-order valence-corrected chi connectivity index (χ3v) is 3.11. The van der Waals surface area contributed by atoms with Crippen molar-refractivity contribution in [3.63, 3.8) is 0 Å². The zero-order valence-electron chi connectivity index (χ0n) is 8.48. The van der Waals surface area contributed by atoms with Crippen LogP contribution in [0, 0.1) is 0 Å². The number of carbonyl (C=O) groups is 1. The van der Waals surface area contributed by atoms with Gasteiger partial charge in [-0.2, -0.15) is 0 Å². The van der Waals surface area contributed by atoms with Crippen LogP contribution in [0.4, 0.5) is 0 Å². The predicted octanol–water partition coefficient (Wildman–Crippen LogP) is 0.705. The summed E-state index contributed by atoms with van der Waals surface area (Å²) in [6.07, 6.45) is 4.57. The second kappa shape index (κ2) is 4.18. The van der Waals surface area contributed by atoms with E-state index in [2.05, 4.69) is 15.6 Å². The topological polar surface area (TPSA) is 59.8 Å². The molecule has 82 valence electrons. The molecule has 1 aromatic rings. The maximum Gasteiger partial charge on any atom is 0.273 e. The third kappa shape index (κ3) is 2.28. The number of aromatic nitrogens is 3. The van der Waals surface area contributed by atoms with Crippen LogP contribution < -0.4 is 5.32 Å². The molecule has 0 aliphatic heterocycles. The molecule has 1 aromatic heterocycles. The zero-order valence-corrected chi connectivity index (χ0v) is 9.24. The number of hydrogen-bond donors (Lipinski definition) is 1. The Bertz CT molecular complexity index is 365. The lowest BCUT2D eigenvalue weighted by Gasteiger charge is -2.14. The SMILES string of the molecule is Cn1cc(C(=O)NC2CCCC2Cl)nn1. The molecule has 2 rings (SSSR count). The summed E-state index contributed by atoms with van der Waals surface area (Å²) >= 11 is 6.06. The normalized spacial score (nSPS) is 25.5. The molecular weight excluding hydrogens is 216 g/mol. The highest BCUT2D eigenvalue weighted by molar-refractivity contribution is 6.21. The number of amides is 1. The molecule has 0 saturated heterocycles. The van der Waals surface area contributed by atoms with Crippen LogP contribution in [-0.4, -0.2) is 32.3 Å². The number of rotatable bonds is 2. The summed E-state index contributed by atoms with van der Waals surface area (Å²) in [5.41, 5.74) is 0.341. The molecule has 0 bridgehead atoms. The summed E-state index contributed by atoms with van der Waals surface area (Å²) < 4.78 is 1.50. The number of nitrogens with zero attached hydrogens (tertiary/aromatic N) is 3. The highest BCUT2D eigenvalue weighted by Crippen LogP contribution is 2.24. The fourth-order valence-corrected chi connectivity index (χ4v) is 2.11. The minimum absolute atomic E-state index is 0.0469. The Balaban J connectivity index is 1.97. The van der Waals surface area contributed by atoms with Gasteiger partial charge in [0.15, 0.2) is 5.69 Å². The maximum atomic E-state index is 11.7. The fourth-order valence-electron chi connectivity index (χ4n) is 1.77. The van der Waals surface area contributed by atoms with E-state index in [9.17, 15) is 4.79 Å².